The second-order valence-electron chi connectivity index (χ2n) is 6.69. The molecule has 0 saturated carbocycles. The van der Waals surface area contributed by atoms with Crippen LogP contribution in [0.1, 0.15) is 24.1 Å². The third kappa shape index (κ3) is 2.98. The van der Waals surface area contributed by atoms with Gasteiger partial charge in [-0.3, -0.25) is 14.5 Å². The van der Waals surface area contributed by atoms with E-state index in [1.165, 1.54) is 4.57 Å². The van der Waals surface area contributed by atoms with E-state index in [4.69, 9.17) is 4.42 Å². The Morgan fingerprint density at radius 2 is 2.04 bits per heavy atom. The maximum absolute atomic E-state index is 15.1. The molecular formula is C19H20FN3O2. The van der Waals surface area contributed by atoms with E-state index < -0.39 is 5.67 Å². The summed E-state index contributed by atoms with van der Waals surface area (Å²) in [6, 6.07) is 11.2. The first-order valence-corrected chi connectivity index (χ1v) is 8.46. The highest BCUT2D eigenvalue weighted by Gasteiger charge is 2.37. The van der Waals surface area contributed by atoms with Crippen molar-refractivity contribution >= 4 is 11.1 Å². The van der Waals surface area contributed by atoms with Gasteiger partial charge in [0.05, 0.1) is 11.2 Å². The van der Waals surface area contributed by atoms with Crippen molar-refractivity contribution in [2.75, 3.05) is 13.1 Å². The number of fused-ring (bicyclic) bond motifs is 1. The van der Waals surface area contributed by atoms with Crippen molar-refractivity contribution in [1.82, 2.24) is 14.5 Å². The summed E-state index contributed by atoms with van der Waals surface area (Å²) >= 11 is 0. The molecule has 4 rings (SSSR count). The fourth-order valence-electron chi connectivity index (χ4n) is 3.48. The van der Waals surface area contributed by atoms with Crippen LogP contribution < -0.4 is 5.76 Å². The molecule has 130 valence electrons. The molecule has 1 fully saturated rings. The van der Waals surface area contributed by atoms with Gasteiger partial charge in [-0.15, -0.1) is 0 Å². The van der Waals surface area contributed by atoms with Crippen molar-refractivity contribution in [3.63, 3.8) is 0 Å². The molecule has 0 radical (unpaired) electrons. The highest BCUT2D eigenvalue weighted by atomic mass is 19.1. The third-order valence-electron chi connectivity index (χ3n) is 5.03. The molecule has 25 heavy (non-hydrogen) atoms. The zero-order chi connectivity index (χ0) is 17.4. The predicted octanol–water partition coefficient (Wildman–Crippen LogP) is 2.99. The van der Waals surface area contributed by atoms with Crippen molar-refractivity contribution in [1.29, 1.82) is 0 Å². The van der Waals surface area contributed by atoms with Crippen molar-refractivity contribution < 1.29 is 8.81 Å². The van der Waals surface area contributed by atoms with Crippen molar-refractivity contribution in [2.45, 2.75) is 25.1 Å². The van der Waals surface area contributed by atoms with E-state index in [2.05, 4.69) is 9.88 Å². The Hall–Kier alpha value is -2.47. The smallest absolute Gasteiger partial charge is 0.408 e. The van der Waals surface area contributed by atoms with Gasteiger partial charge in [0.25, 0.3) is 0 Å². The van der Waals surface area contributed by atoms with Crippen LogP contribution in [0.3, 0.4) is 0 Å². The molecule has 5 nitrogen and oxygen atoms in total. The highest BCUT2D eigenvalue weighted by Crippen LogP contribution is 2.36. The molecule has 6 heteroatoms. The first-order chi connectivity index (χ1) is 12.0. The van der Waals surface area contributed by atoms with E-state index in [1.807, 2.05) is 24.3 Å². The van der Waals surface area contributed by atoms with Gasteiger partial charge in [0.15, 0.2) is 11.3 Å². The zero-order valence-electron chi connectivity index (χ0n) is 14.1. The van der Waals surface area contributed by atoms with Gasteiger partial charge in [-0.1, -0.05) is 12.1 Å². The lowest BCUT2D eigenvalue weighted by atomic mass is 9.89. The van der Waals surface area contributed by atoms with Crippen LogP contribution in [0.25, 0.3) is 11.1 Å². The van der Waals surface area contributed by atoms with Crippen molar-refractivity contribution in [2.24, 2.45) is 7.05 Å². The summed E-state index contributed by atoms with van der Waals surface area (Å²) in [4.78, 5) is 18.0. The van der Waals surface area contributed by atoms with Gasteiger partial charge < -0.3 is 4.42 Å². The Labute approximate surface area is 144 Å². The lowest BCUT2D eigenvalue weighted by Crippen LogP contribution is -2.40. The Balaban J connectivity index is 1.47. The fourth-order valence-corrected chi connectivity index (χ4v) is 3.48. The van der Waals surface area contributed by atoms with Crippen LogP contribution in [-0.2, 0) is 19.3 Å². The molecule has 1 saturated heterocycles. The highest BCUT2D eigenvalue weighted by molar-refractivity contribution is 5.73. The number of rotatable bonds is 3. The van der Waals surface area contributed by atoms with Crippen LogP contribution in [0.2, 0.25) is 0 Å². The average molecular weight is 341 g/mol. The molecule has 0 spiro atoms. The maximum atomic E-state index is 15.1. The lowest BCUT2D eigenvalue weighted by Gasteiger charge is -2.36. The van der Waals surface area contributed by atoms with Crippen LogP contribution in [0.15, 0.2) is 51.8 Å². The Bertz CT molecular complexity index is 940. The molecule has 3 aromatic rings. The zero-order valence-corrected chi connectivity index (χ0v) is 14.1. The molecule has 1 aromatic carbocycles. The molecule has 1 aliphatic heterocycles. The SMILES string of the molecule is Cn1c(=O)oc2ccc(CN3CCC(F)(c4ccccn4)CC3)cc21. The standard InChI is InChI=1S/C19H20FN3O2/c1-22-15-12-14(5-6-16(15)25-18(22)24)13-23-10-7-19(20,8-11-23)17-4-2-3-9-21-17/h2-6,9,12H,7-8,10-11,13H2,1H3. The topological polar surface area (TPSA) is 51.3 Å². The monoisotopic (exact) mass is 341 g/mol. The quantitative estimate of drug-likeness (QED) is 0.735. The van der Waals surface area contributed by atoms with Crippen LogP contribution in [0, 0.1) is 0 Å². The van der Waals surface area contributed by atoms with Gasteiger partial charge in [-0.05, 0) is 42.7 Å². The first kappa shape index (κ1) is 16.0. The minimum absolute atomic E-state index is 0.359. The largest absolute Gasteiger partial charge is 0.419 e. The summed E-state index contributed by atoms with van der Waals surface area (Å²) in [5.41, 5.74) is 1.66. The Morgan fingerprint density at radius 1 is 1.24 bits per heavy atom. The number of oxazole rings is 1. The summed E-state index contributed by atoms with van der Waals surface area (Å²) in [5, 5.41) is 0. The maximum Gasteiger partial charge on any atom is 0.419 e. The number of benzene rings is 1. The number of hydrogen-bond donors (Lipinski definition) is 0. The minimum Gasteiger partial charge on any atom is -0.408 e. The summed E-state index contributed by atoms with van der Waals surface area (Å²) in [7, 11) is 1.70. The molecule has 0 N–H and O–H groups in total. The molecule has 0 atom stereocenters. The number of nitrogens with zero attached hydrogens (tertiary/aromatic N) is 3. The molecular weight excluding hydrogens is 321 g/mol. The van der Waals surface area contributed by atoms with Gasteiger partial charge in [0, 0.05) is 32.9 Å². The van der Waals surface area contributed by atoms with E-state index in [0.29, 0.717) is 37.2 Å². The Morgan fingerprint density at radius 3 is 2.76 bits per heavy atom. The number of alkyl halides is 1. The number of aryl methyl sites for hydroxylation is 1. The van der Waals surface area contributed by atoms with E-state index in [9.17, 15) is 4.79 Å². The molecule has 0 unspecified atom stereocenters. The van der Waals surface area contributed by atoms with E-state index >= 15 is 4.39 Å². The second kappa shape index (κ2) is 6.11. The fraction of sp³-hybridized carbons (Fsp3) is 0.368. The first-order valence-electron chi connectivity index (χ1n) is 8.46. The number of halogens is 1. The molecule has 1 aliphatic rings. The Kier molecular flexibility index (Phi) is 3.92. The number of pyridine rings is 1. The second-order valence-corrected chi connectivity index (χ2v) is 6.69. The summed E-state index contributed by atoms with van der Waals surface area (Å²) in [5.74, 6) is -0.359. The van der Waals surface area contributed by atoms with E-state index in [1.54, 1.807) is 25.4 Å². The van der Waals surface area contributed by atoms with Crippen molar-refractivity contribution in [3.8, 4) is 0 Å². The van der Waals surface area contributed by atoms with Crippen molar-refractivity contribution in [3.05, 3.63) is 64.4 Å². The number of hydrogen-bond acceptors (Lipinski definition) is 4. The van der Waals surface area contributed by atoms with Crippen LogP contribution in [-0.4, -0.2) is 27.5 Å². The third-order valence-corrected chi connectivity index (χ3v) is 5.03. The number of likely N-dealkylation sites (tertiary alicyclic amines) is 1. The minimum atomic E-state index is -1.34. The lowest BCUT2D eigenvalue weighted by molar-refractivity contribution is 0.0490. The predicted molar refractivity (Wildman–Crippen MR) is 93.0 cm³/mol. The summed E-state index contributed by atoms with van der Waals surface area (Å²) in [6.45, 7) is 2.08. The number of aromatic nitrogens is 2. The molecule has 0 bridgehead atoms. The van der Waals surface area contributed by atoms with Gasteiger partial charge in [-0.2, -0.15) is 0 Å². The van der Waals surface area contributed by atoms with Crippen LogP contribution in [0.4, 0.5) is 4.39 Å². The molecule has 2 aromatic heterocycles. The van der Waals surface area contributed by atoms with E-state index in [0.717, 1.165) is 17.6 Å². The van der Waals surface area contributed by atoms with Gasteiger partial charge in [-0.25, -0.2) is 9.18 Å². The van der Waals surface area contributed by atoms with Gasteiger partial charge >= 0.3 is 5.76 Å². The van der Waals surface area contributed by atoms with Crippen LogP contribution >= 0.6 is 0 Å². The van der Waals surface area contributed by atoms with Crippen LogP contribution in [0.5, 0.6) is 0 Å². The number of piperidine rings is 1. The van der Waals surface area contributed by atoms with Gasteiger partial charge in [0.1, 0.15) is 0 Å². The normalized spacial score (nSPS) is 17.8. The average Bonchev–Trinajstić information content (AvgIpc) is 2.92. The summed E-state index contributed by atoms with van der Waals surface area (Å²) in [6.07, 6.45) is 2.53. The van der Waals surface area contributed by atoms with Gasteiger partial charge in [0.2, 0.25) is 0 Å². The van der Waals surface area contributed by atoms with E-state index in [-0.39, 0.29) is 5.76 Å². The molecule has 0 aliphatic carbocycles. The molecule has 3 heterocycles. The summed E-state index contributed by atoms with van der Waals surface area (Å²) < 4.78 is 21.8. The molecule has 0 amide bonds.